The van der Waals surface area contributed by atoms with Gasteiger partial charge in [-0.2, -0.15) is 0 Å². The molecule has 176 valence electrons. The maximum atomic E-state index is 12.1. The van der Waals surface area contributed by atoms with Gasteiger partial charge in [-0.3, -0.25) is 19.6 Å². The summed E-state index contributed by atoms with van der Waals surface area (Å²) in [7, 11) is 0. The standard InChI is InChI=1S/C16H17N3O6.C6H15N/c1-16(2,3)25-14(23)8-4-6-9(7-5-8)17-11(20)10-12(21)18-15(24)19-13(10)22;1-4-7(5-2)6-3/h4-7H,1-3H3,(H,17,20)(H3,18,19,21,22,24);4-6H2,1-3H3. The lowest BCUT2D eigenvalue weighted by Crippen LogP contribution is -2.30. The molecule has 2 rings (SSSR count). The SMILES string of the molecule is CC(C)(C)OC(=O)c1ccc(NC(=O)c2c(O)[nH]c(=O)[nH]c2=O)cc1.CCN(CC)CC. The van der Waals surface area contributed by atoms with Crippen LogP contribution in [0.25, 0.3) is 0 Å². The molecule has 2 aromatic rings. The summed E-state index contributed by atoms with van der Waals surface area (Å²) >= 11 is 0. The summed E-state index contributed by atoms with van der Waals surface area (Å²) < 4.78 is 5.22. The van der Waals surface area contributed by atoms with Gasteiger partial charge in [-0.15, -0.1) is 0 Å². The maximum absolute atomic E-state index is 12.1. The van der Waals surface area contributed by atoms with E-state index in [0.717, 1.165) is 0 Å². The van der Waals surface area contributed by atoms with Gasteiger partial charge >= 0.3 is 11.7 Å². The van der Waals surface area contributed by atoms with Crippen molar-refractivity contribution in [3.8, 4) is 5.88 Å². The summed E-state index contributed by atoms with van der Waals surface area (Å²) in [6.45, 7) is 15.4. The molecule has 0 radical (unpaired) electrons. The van der Waals surface area contributed by atoms with Crippen LogP contribution in [0, 0.1) is 0 Å². The number of anilines is 1. The Labute approximate surface area is 186 Å². The Morgan fingerprint density at radius 3 is 1.94 bits per heavy atom. The van der Waals surface area contributed by atoms with E-state index in [1.807, 2.05) is 9.97 Å². The fourth-order valence-corrected chi connectivity index (χ4v) is 2.58. The van der Waals surface area contributed by atoms with Crippen molar-refractivity contribution in [2.24, 2.45) is 0 Å². The van der Waals surface area contributed by atoms with E-state index in [2.05, 4.69) is 31.0 Å². The first-order valence-electron chi connectivity index (χ1n) is 10.3. The lowest BCUT2D eigenvalue weighted by atomic mass is 10.1. The van der Waals surface area contributed by atoms with Crippen molar-refractivity contribution >= 4 is 17.6 Å². The molecule has 1 aromatic carbocycles. The number of ether oxygens (including phenoxy) is 1. The molecule has 0 spiro atoms. The van der Waals surface area contributed by atoms with Gasteiger partial charge in [0.15, 0.2) is 5.56 Å². The Morgan fingerprint density at radius 1 is 1.00 bits per heavy atom. The van der Waals surface area contributed by atoms with Gasteiger partial charge < -0.3 is 20.1 Å². The number of benzene rings is 1. The van der Waals surface area contributed by atoms with E-state index in [1.165, 1.54) is 43.9 Å². The monoisotopic (exact) mass is 448 g/mol. The van der Waals surface area contributed by atoms with Crippen molar-refractivity contribution in [1.82, 2.24) is 14.9 Å². The molecular weight excluding hydrogens is 416 g/mol. The van der Waals surface area contributed by atoms with Crippen LogP contribution < -0.4 is 16.6 Å². The zero-order valence-electron chi connectivity index (χ0n) is 19.4. The van der Waals surface area contributed by atoms with Crippen molar-refractivity contribution in [3.05, 3.63) is 56.2 Å². The minimum absolute atomic E-state index is 0.280. The molecule has 0 fully saturated rings. The normalized spacial score (nSPS) is 10.8. The number of hydrogen-bond acceptors (Lipinski definition) is 7. The zero-order valence-corrected chi connectivity index (χ0v) is 19.4. The molecule has 0 aliphatic carbocycles. The molecule has 0 aliphatic heterocycles. The first-order chi connectivity index (χ1) is 14.9. The third-order valence-corrected chi connectivity index (χ3v) is 4.27. The Morgan fingerprint density at radius 2 is 1.53 bits per heavy atom. The van der Waals surface area contributed by atoms with E-state index < -0.39 is 40.2 Å². The van der Waals surface area contributed by atoms with Gasteiger partial charge in [0.1, 0.15) is 5.60 Å². The highest BCUT2D eigenvalue weighted by atomic mass is 16.6. The minimum Gasteiger partial charge on any atom is -0.494 e. The van der Waals surface area contributed by atoms with Crippen LogP contribution in [0.4, 0.5) is 5.69 Å². The highest BCUT2D eigenvalue weighted by Crippen LogP contribution is 2.16. The Bertz CT molecular complexity index is 1010. The van der Waals surface area contributed by atoms with E-state index in [4.69, 9.17) is 4.74 Å². The van der Waals surface area contributed by atoms with Crippen LogP contribution in [0.3, 0.4) is 0 Å². The number of nitrogens with zero attached hydrogens (tertiary/aromatic N) is 1. The van der Waals surface area contributed by atoms with Crippen LogP contribution in [0.15, 0.2) is 33.9 Å². The van der Waals surface area contributed by atoms with Gasteiger partial charge in [0.05, 0.1) is 5.56 Å². The Hall–Kier alpha value is -3.40. The van der Waals surface area contributed by atoms with Crippen LogP contribution in [-0.4, -0.2) is 57.1 Å². The molecule has 0 saturated carbocycles. The molecule has 0 bridgehead atoms. The molecule has 10 nitrogen and oxygen atoms in total. The highest BCUT2D eigenvalue weighted by Gasteiger charge is 2.19. The topological polar surface area (TPSA) is 145 Å². The summed E-state index contributed by atoms with van der Waals surface area (Å²) in [5, 5.41) is 11.9. The van der Waals surface area contributed by atoms with Crippen LogP contribution in [0.1, 0.15) is 62.3 Å². The molecular formula is C22H32N4O6. The summed E-state index contributed by atoms with van der Waals surface area (Å²) in [4.78, 5) is 52.7. The lowest BCUT2D eigenvalue weighted by Gasteiger charge is -2.19. The Kier molecular flexibility index (Phi) is 9.86. The first-order valence-corrected chi connectivity index (χ1v) is 10.3. The van der Waals surface area contributed by atoms with Gasteiger partial charge in [0.25, 0.3) is 11.5 Å². The number of esters is 1. The number of aromatic hydroxyl groups is 1. The average Bonchev–Trinajstić information content (AvgIpc) is 2.68. The third-order valence-electron chi connectivity index (χ3n) is 4.27. The number of carbonyl (C=O) groups is 2. The van der Waals surface area contributed by atoms with Crippen molar-refractivity contribution in [2.45, 2.75) is 47.1 Å². The summed E-state index contributed by atoms with van der Waals surface area (Å²) in [6.07, 6.45) is 0. The fraction of sp³-hybridized carbons (Fsp3) is 0.455. The number of amides is 1. The van der Waals surface area contributed by atoms with E-state index in [9.17, 15) is 24.3 Å². The third kappa shape index (κ3) is 8.38. The fourth-order valence-electron chi connectivity index (χ4n) is 2.58. The average molecular weight is 449 g/mol. The number of H-pyrrole nitrogens is 2. The molecule has 0 saturated heterocycles. The molecule has 0 atom stereocenters. The lowest BCUT2D eigenvalue weighted by molar-refractivity contribution is 0.00694. The Balaban J connectivity index is 0.000000633. The molecule has 10 heteroatoms. The molecule has 32 heavy (non-hydrogen) atoms. The van der Waals surface area contributed by atoms with Crippen LogP contribution in [0.5, 0.6) is 5.88 Å². The van der Waals surface area contributed by atoms with Crippen LogP contribution in [-0.2, 0) is 4.74 Å². The minimum atomic E-state index is -1.02. The number of aromatic amines is 2. The molecule has 1 amide bonds. The van der Waals surface area contributed by atoms with Crippen LogP contribution >= 0.6 is 0 Å². The molecule has 1 aromatic heterocycles. The van der Waals surface area contributed by atoms with E-state index in [0.29, 0.717) is 0 Å². The van der Waals surface area contributed by atoms with Crippen LogP contribution in [0.2, 0.25) is 0 Å². The van der Waals surface area contributed by atoms with Crippen molar-refractivity contribution < 1.29 is 19.4 Å². The molecule has 4 N–H and O–H groups in total. The van der Waals surface area contributed by atoms with Gasteiger partial charge in [-0.05, 0) is 64.7 Å². The summed E-state index contributed by atoms with van der Waals surface area (Å²) in [5.74, 6) is -2.27. The second-order valence-corrected chi connectivity index (χ2v) is 7.78. The largest absolute Gasteiger partial charge is 0.494 e. The van der Waals surface area contributed by atoms with E-state index in [-0.39, 0.29) is 11.3 Å². The van der Waals surface area contributed by atoms with Gasteiger partial charge in [-0.1, -0.05) is 20.8 Å². The van der Waals surface area contributed by atoms with E-state index in [1.54, 1.807) is 20.8 Å². The van der Waals surface area contributed by atoms with E-state index >= 15 is 0 Å². The number of carbonyl (C=O) groups excluding carboxylic acids is 2. The van der Waals surface area contributed by atoms with Crippen molar-refractivity contribution in [1.29, 1.82) is 0 Å². The number of rotatable bonds is 6. The van der Waals surface area contributed by atoms with Gasteiger partial charge in [0.2, 0.25) is 5.88 Å². The second-order valence-electron chi connectivity index (χ2n) is 7.78. The summed E-state index contributed by atoms with van der Waals surface area (Å²) in [5.41, 5.74) is -2.65. The first kappa shape index (κ1) is 26.6. The van der Waals surface area contributed by atoms with Gasteiger partial charge in [-0.25, -0.2) is 9.59 Å². The molecule has 0 aliphatic rings. The smallest absolute Gasteiger partial charge is 0.338 e. The predicted molar refractivity (Wildman–Crippen MR) is 122 cm³/mol. The maximum Gasteiger partial charge on any atom is 0.338 e. The molecule has 1 heterocycles. The molecule has 0 unspecified atom stereocenters. The highest BCUT2D eigenvalue weighted by molar-refractivity contribution is 6.05. The zero-order chi connectivity index (χ0) is 24.5. The van der Waals surface area contributed by atoms with Crippen molar-refractivity contribution in [3.63, 3.8) is 0 Å². The quantitative estimate of drug-likeness (QED) is 0.496. The summed E-state index contributed by atoms with van der Waals surface area (Å²) in [6, 6.07) is 5.77. The number of hydrogen-bond donors (Lipinski definition) is 4. The van der Waals surface area contributed by atoms with Gasteiger partial charge in [0, 0.05) is 5.69 Å². The van der Waals surface area contributed by atoms with Crippen molar-refractivity contribution in [2.75, 3.05) is 25.0 Å². The number of aromatic nitrogens is 2. The second kappa shape index (κ2) is 11.8. The predicted octanol–water partition coefficient (Wildman–Crippen LogP) is 2.32. The number of nitrogens with one attached hydrogen (secondary N) is 3.